The summed E-state index contributed by atoms with van der Waals surface area (Å²) < 4.78 is 24.7. The summed E-state index contributed by atoms with van der Waals surface area (Å²) in [5, 5.41) is 0. The first-order valence-electron chi connectivity index (χ1n) is 7.64. The second-order valence-electron chi connectivity index (χ2n) is 5.87. The lowest BCUT2D eigenvalue weighted by Crippen LogP contribution is -2.28. The Morgan fingerprint density at radius 3 is 2.50 bits per heavy atom. The molecule has 22 heavy (non-hydrogen) atoms. The molecule has 4 heteroatoms. The van der Waals surface area contributed by atoms with Crippen molar-refractivity contribution in [2.24, 2.45) is 0 Å². The van der Waals surface area contributed by atoms with Crippen LogP contribution in [-0.2, 0) is 16.3 Å². The molecular formula is C18H21NO2S. The number of rotatable bonds is 5. The molecule has 1 aliphatic carbocycles. The minimum Gasteiger partial charge on any atom is -0.298 e. The van der Waals surface area contributed by atoms with Gasteiger partial charge in [0.05, 0.1) is 10.6 Å². The second kappa shape index (κ2) is 6.23. The van der Waals surface area contributed by atoms with Crippen molar-refractivity contribution in [2.75, 3.05) is 19.3 Å². The van der Waals surface area contributed by atoms with Gasteiger partial charge in [-0.2, -0.15) is 0 Å². The normalized spacial score (nSPS) is 17.6. The van der Waals surface area contributed by atoms with Crippen LogP contribution in [0, 0.1) is 0 Å². The van der Waals surface area contributed by atoms with Crippen LogP contribution in [0.5, 0.6) is 0 Å². The van der Waals surface area contributed by atoms with E-state index in [-0.39, 0.29) is 5.75 Å². The summed E-state index contributed by atoms with van der Waals surface area (Å²) in [4.78, 5) is 2.59. The van der Waals surface area contributed by atoms with Crippen LogP contribution in [0.1, 0.15) is 23.6 Å². The first kappa shape index (κ1) is 15.3. The van der Waals surface area contributed by atoms with Crippen molar-refractivity contribution < 1.29 is 8.42 Å². The van der Waals surface area contributed by atoms with Gasteiger partial charge in [0, 0.05) is 12.6 Å². The Kier molecular flexibility index (Phi) is 4.32. The van der Waals surface area contributed by atoms with Crippen molar-refractivity contribution in [3.05, 3.63) is 65.7 Å². The van der Waals surface area contributed by atoms with E-state index in [1.54, 1.807) is 24.3 Å². The van der Waals surface area contributed by atoms with Gasteiger partial charge >= 0.3 is 0 Å². The molecular weight excluding hydrogens is 294 g/mol. The third-order valence-electron chi connectivity index (χ3n) is 4.45. The Bertz CT molecular complexity index is 741. The molecule has 0 radical (unpaired) electrons. The Hall–Kier alpha value is -1.65. The molecule has 0 amide bonds. The topological polar surface area (TPSA) is 37.4 Å². The highest BCUT2D eigenvalue weighted by atomic mass is 32.2. The predicted octanol–water partition coefficient (Wildman–Crippen LogP) is 3.08. The predicted molar refractivity (Wildman–Crippen MR) is 88.6 cm³/mol. The van der Waals surface area contributed by atoms with Crippen molar-refractivity contribution in [3.8, 4) is 0 Å². The monoisotopic (exact) mass is 315 g/mol. The molecule has 116 valence electrons. The molecule has 1 unspecified atom stereocenters. The molecule has 0 fully saturated rings. The molecule has 0 aliphatic heterocycles. The molecule has 0 aromatic heterocycles. The van der Waals surface area contributed by atoms with E-state index in [0.29, 0.717) is 17.5 Å². The van der Waals surface area contributed by atoms with E-state index < -0.39 is 9.84 Å². The van der Waals surface area contributed by atoms with Crippen LogP contribution in [0.2, 0.25) is 0 Å². The van der Waals surface area contributed by atoms with Gasteiger partial charge in [-0.15, -0.1) is 0 Å². The van der Waals surface area contributed by atoms with Crippen molar-refractivity contribution in [1.82, 2.24) is 4.90 Å². The van der Waals surface area contributed by atoms with Crippen LogP contribution < -0.4 is 0 Å². The SMILES string of the molecule is CN(CCS(=O)(=O)c1ccccc1)C1CCc2ccccc21. The van der Waals surface area contributed by atoms with Crippen LogP contribution in [0.25, 0.3) is 0 Å². The quantitative estimate of drug-likeness (QED) is 0.851. The smallest absolute Gasteiger partial charge is 0.179 e. The fourth-order valence-electron chi connectivity index (χ4n) is 3.16. The van der Waals surface area contributed by atoms with E-state index in [2.05, 4.69) is 29.2 Å². The molecule has 0 bridgehead atoms. The number of hydrogen-bond donors (Lipinski definition) is 0. The summed E-state index contributed by atoms with van der Waals surface area (Å²) >= 11 is 0. The minimum absolute atomic E-state index is 0.159. The van der Waals surface area contributed by atoms with Crippen molar-refractivity contribution >= 4 is 9.84 Å². The highest BCUT2D eigenvalue weighted by Gasteiger charge is 2.26. The van der Waals surface area contributed by atoms with Gasteiger partial charge in [-0.25, -0.2) is 8.42 Å². The Morgan fingerprint density at radius 1 is 1.05 bits per heavy atom. The maximum Gasteiger partial charge on any atom is 0.179 e. The largest absolute Gasteiger partial charge is 0.298 e. The second-order valence-corrected chi connectivity index (χ2v) is 7.97. The highest BCUT2D eigenvalue weighted by Crippen LogP contribution is 2.34. The summed E-state index contributed by atoms with van der Waals surface area (Å²) in [6.07, 6.45) is 2.15. The van der Waals surface area contributed by atoms with Gasteiger partial charge in [-0.1, -0.05) is 42.5 Å². The molecule has 2 aromatic rings. The summed E-state index contributed by atoms with van der Waals surface area (Å²) in [7, 11) is -1.18. The van der Waals surface area contributed by atoms with Crippen LogP contribution in [0.4, 0.5) is 0 Å². The van der Waals surface area contributed by atoms with Crippen LogP contribution in [0.15, 0.2) is 59.5 Å². The Balaban J connectivity index is 1.68. The zero-order valence-corrected chi connectivity index (χ0v) is 13.6. The van der Waals surface area contributed by atoms with Crippen LogP contribution >= 0.6 is 0 Å². The van der Waals surface area contributed by atoms with Gasteiger partial charge in [0.15, 0.2) is 9.84 Å². The van der Waals surface area contributed by atoms with Gasteiger partial charge in [0.1, 0.15) is 0 Å². The number of hydrogen-bond acceptors (Lipinski definition) is 3. The molecule has 1 aliphatic rings. The zero-order chi connectivity index (χ0) is 15.6. The van der Waals surface area contributed by atoms with E-state index in [4.69, 9.17) is 0 Å². The van der Waals surface area contributed by atoms with E-state index in [0.717, 1.165) is 12.8 Å². The van der Waals surface area contributed by atoms with Gasteiger partial charge in [0.2, 0.25) is 0 Å². The summed E-state index contributed by atoms with van der Waals surface area (Å²) in [5.74, 6) is 0.159. The number of nitrogens with zero attached hydrogens (tertiary/aromatic N) is 1. The lowest BCUT2D eigenvalue weighted by Gasteiger charge is -2.25. The van der Waals surface area contributed by atoms with Crippen LogP contribution in [0.3, 0.4) is 0 Å². The highest BCUT2D eigenvalue weighted by molar-refractivity contribution is 7.91. The van der Waals surface area contributed by atoms with Gasteiger partial charge in [-0.3, -0.25) is 4.90 Å². The van der Waals surface area contributed by atoms with Crippen molar-refractivity contribution in [3.63, 3.8) is 0 Å². The molecule has 0 saturated carbocycles. The Morgan fingerprint density at radius 2 is 1.73 bits per heavy atom. The maximum atomic E-state index is 12.4. The summed E-state index contributed by atoms with van der Waals surface area (Å²) in [5.41, 5.74) is 2.74. The van der Waals surface area contributed by atoms with Gasteiger partial charge in [-0.05, 0) is 43.1 Å². The van der Waals surface area contributed by atoms with Crippen LogP contribution in [-0.4, -0.2) is 32.7 Å². The molecule has 0 saturated heterocycles. The molecule has 2 aromatic carbocycles. The van der Waals surface area contributed by atoms with Crippen molar-refractivity contribution in [2.45, 2.75) is 23.8 Å². The number of benzene rings is 2. The summed E-state index contributed by atoms with van der Waals surface area (Å²) in [6, 6.07) is 17.5. The minimum atomic E-state index is -3.20. The fourth-order valence-corrected chi connectivity index (χ4v) is 4.49. The average Bonchev–Trinajstić information content (AvgIpc) is 2.98. The number of sulfone groups is 1. The van der Waals surface area contributed by atoms with E-state index in [1.165, 1.54) is 11.1 Å². The number of fused-ring (bicyclic) bond motifs is 1. The zero-order valence-electron chi connectivity index (χ0n) is 12.8. The van der Waals surface area contributed by atoms with E-state index >= 15 is 0 Å². The third-order valence-corrected chi connectivity index (χ3v) is 6.16. The van der Waals surface area contributed by atoms with Crippen molar-refractivity contribution in [1.29, 1.82) is 0 Å². The first-order valence-corrected chi connectivity index (χ1v) is 9.29. The molecule has 0 spiro atoms. The number of aryl methyl sites for hydroxylation is 1. The maximum absolute atomic E-state index is 12.4. The first-order chi connectivity index (χ1) is 10.6. The fraction of sp³-hybridized carbons (Fsp3) is 0.333. The van der Waals surface area contributed by atoms with Gasteiger partial charge < -0.3 is 0 Å². The summed E-state index contributed by atoms with van der Waals surface area (Å²) in [6.45, 7) is 0.552. The Labute approximate surface area is 132 Å². The van der Waals surface area contributed by atoms with E-state index in [1.807, 2.05) is 13.1 Å². The molecule has 3 nitrogen and oxygen atoms in total. The molecule has 0 heterocycles. The molecule has 3 rings (SSSR count). The van der Waals surface area contributed by atoms with Gasteiger partial charge in [0.25, 0.3) is 0 Å². The third kappa shape index (κ3) is 3.08. The average molecular weight is 315 g/mol. The molecule has 0 N–H and O–H groups in total. The van der Waals surface area contributed by atoms with E-state index in [9.17, 15) is 8.42 Å². The standard InChI is InChI=1S/C18H21NO2S/c1-19(18-12-11-15-7-5-6-10-17(15)18)13-14-22(20,21)16-8-3-2-4-9-16/h2-10,18H,11-14H2,1H3. The molecule has 1 atom stereocenters. The lowest BCUT2D eigenvalue weighted by molar-refractivity contribution is 0.258. The lowest BCUT2D eigenvalue weighted by atomic mass is 10.1.